The van der Waals surface area contributed by atoms with Crippen LogP contribution in [0.15, 0.2) is 17.5 Å². The number of aromatic nitrogens is 1. The molecule has 5 nitrogen and oxygen atoms in total. The zero-order chi connectivity index (χ0) is 17.2. The lowest BCUT2D eigenvalue weighted by Crippen LogP contribution is -2.16. The molecule has 0 N–H and O–H groups in total. The first-order valence-electron chi connectivity index (χ1n) is 7.68. The van der Waals surface area contributed by atoms with Gasteiger partial charge in [-0.25, -0.2) is 13.4 Å². The van der Waals surface area contributed by atoms with Gasteiger partial charge in [-0.1, -0.05) is 18.5 Å². The molecule has 3 rings (SSSR count). The molecule has 8 heteroatoms. The minimum Gasteiger partial charge on any atom is -0.486 e. The lowest BCUT2D eigenvalue weighted by molar-refractivity contribution is 0.171. The molecule has 0 spiro atoms. The predicted molar refractivity (Wildman–Crippen MR) is 94.9 cm³/mol. The highest BCUT2D eigenvalue weighted by Gasteiger charge is 2.20. The first kappa shape index (κ1) is 17.5. The van der Waals surface area contributed by atoms with Crippen molar-refractivity contribution in [1.82, 2.24) is 4.98 Å². The molecule has 2 aromatic rings. The Hall–Kier alpha value is -1.31. The highest BCUT2D eigenvalue weighted by Crippen LogP contribution is 2.38. The van der Waals surface area contributed by atoms with Gasteiger partial charge in [-0.2, -0.15) is 0 Å². The van der Waals surface area contributed by atoms with Gasteiger partial charge in [0, 0.05) is 5.38 Å². The van der Waals surface area contributed by atoms with Crippen LogP contribution in [-0.2, 0) is 27.8 Å². The first-order chi connectivity index (χ1) is 11.5. The van der Waals surface area contributed by atoms with E-state index >= 15 is 0 Å². The number of ether oxygens (including phenoxy) is 2. The normalized spacial score (nSPS) is 13.9. The summed E-state index contributed by atoms with van der Waals surface area (Å²) in [6.45, 7) is 2.94. The Morgan fingerprint density at radius 1 is 1.25 bits per heavy atom. The van der Waals surface area contributed by atoms with Gasteiger partial charge in [-0.05, 0) is 30.5 Å². The Bertz CT molecular complexity index is 833. The standard InChI is InChI=1S/C16H18ClNO4S2/c1-2-3-15-18-12(8-23-15)10-24(19,20)9-11-6-13(17)16-14(7-11)21-4-5-22-16/h6-8H,2-5,9-10H2,1H3. The van der Waals surface area contributed by atoms with Crippen LogP contribution in [0.1, 0.15) is 29.6 Å². The summed E-state index contributed by atoms with van der Waals surface area (Å²) in [6.07, 6.45) is 1.87. The fourth-order valence-electron chi connectivity index (χ4n) is 2.52. The second-order valence-corrected chi connectivity index (χ2v) is 9.03. The van der Waals surface area contributed by atoms with E-state index in [0.717, 1.165) is 17.8 Å². The van der Waals surface area contributed by atoms with Crippen LogP contribution in [0.25, 0.3) is 0 Å². The van der Waals surface area contributed by atoms with Crippen molar-refractivity contribution in [3.63, 3.8) is 0 Å². The molecule has 0 saturated heterocycles. The van der Waals surface area contributed by atoms with Gasteiger partial charge in [0.2, 0.25) is 0 Å². The second kappa shape index (κ2) is 7.29. The van der Waals surface area contributed by atoms with E-state index < -0.39 is 9.84 Å². The molecule has 24 heavy (non-hydrogen) atoms. The van der Waals surface area contributed by atoms with Gasteiger partial charge < -0.3 is 9.47 Å². The number of fused-ring (bicyclic) bond motifs is 1. The first-order valence-corrected chi connectivity index (χ1v) is 10.8. The van der Waals surface area contributed by atoms with Gasteiger partial charge in [0.05, 0.1) is 27.2 Å². The van der Waals surface area contributed by atoms with Gasteiger partial charge in [0.25, 0.3) is 0 Å². The highest BCUT2D eigenvalue weighted by molar-refractivity contribution is 7.89. The molecule has 0 radical (unpaired) electrons. The number of sulfone groups is 1. The zero-order valence-corrected chi connectivity index (χ0v) is 15.6. The Morgan fingerprint density at radius 2 is 2.04 bits per heavy atom. The van der Waals surface area contributed by atoms with Gasteiger partial charge >= 0.3 is 0 Å². The van der Waals surface area contributed by atoms with E-state index in [1.54, 1.807) is 12.1 Å². The minimum absolute atomic E-state index is 0.0702. The van der Waals surface area contributed by atoms with Crippen LogP contribution in [0.4, 0.5) is 0 Å². The van der Waals surface area contributed by atoms with Crippen molar-refractivity contribution in [2.75, 3.05) is 13.2 Å². The van der Waals surface area contributed by atoms with Gasteiger partial charge in [-0.3, -0.25) is 0 Å². The third kappa shape index (κ3) is 4.20. The molecule has 0 saturated carbocycles. The van der Waals surface area contributed by atoms with Gasteiger partial charge in [0.1, 0.15) is 13.2 Å². The maximum atomic E-state index is 12.5. The van der Waals surface area contributed by atoms with Crippen molar-refractivity contribution in [3.8, 4) is 11.5 Å². The number of rotatable bonds is 6. The molecule has 0 atom stereocenters. The monoisotopic (exact) mass is 387 g/mol. The molecule has 1 aliphatic rings. The molecule has 0 unspecified atom stereocenters. The highest BCUT2D eigenvalue weighted by atomic mass is 35.5. The van der Waals surface area contributed by atoms with Crippen molar-refractivity contribution < 1.29 is 17.9 Å². The zero-order valence-electron chi connectivity index (χ0n) is 13.2. The third-order valence-electron chi connectivity index (χ3n) is 3.47. The summed E-state index contributed by atoms with van der Waals surface area (Å²) in [6, 6.07) is 3.30. The van der Waals surface area contributed by atoms with E-state index in [4.69, 9.17) is 21.1 Å². The van der Waals surface area contributed by atoms with E-state index in [2.05, 4.69) is 11.9 Å². The Kier molecular flexibility index (Phi) is 5.32. The topological polar surface area (TPSA) is 65.5 Å². The maximum absolute atomic E-state index is 12.5. The fraction of sp³-hybridized carbons (Fsp3) is 0.438. The summed E-state index contributed by atoms with van der Waals surface area (Å²) in [7, 11) is -3.34. The molecular formula is C16H18ClNO4S2. The maximum Gasteiger partial charge on any atom is 0.179 e. The molecule has 0 amide bonds. The van der Waals surface area contributed by atoms with E-state index in [9.17, 15) is 8.42 Å². The molecule has 0 aliphatic carbocycles. The molecule has 1 aromatic carbocycles. The molecule has 2 heterocycles. The molecule has 130 valence electrons. The van der Waals surface area contributed by atoms with Crippen molar-refractivity contribution >= 4 is 32.8 Å². The number of halogens is 1. The van der Waals surface area contributed by atoms with Crippen molar-refractivity contribution in [3.05, 3.63) is 38.8 Å². The number of hydrogen-bond acceptors (Lipinski definition) is 6. The number of benzene rings is 1. The third-order valence-corrected chi connectivity index (χ3v) is 6.22. The molecular weight excluding hydrogens is 370 g/mol. The van der Waals surface area contributed by atoms with Crippen LogP contribution in [0.3, 0.4) is 0 Å². The average Bonchev–Trinajstić information content (AvgIpc) is 2.93. The summed E-state index contributed by atoms with van der Waals surface area (Å²) >= 11 is 7.67. The summed E-state index contributed by atoms with van der Waals surface area (Å²) in [4.78, 5) is 4.38. The summed E-state index contributed by atoms with van der Waals surface area (Å²) in [5.41, 5.74) is 1.19. The quantitative estimate of drug-likeness (QED) is 0.757. The van der Waals surface area contributed by atoms with Crippen molar-refractivity contribution in [1.29, 1.82) is 0 Å². The SMILES string of the molecule is CCCc1nc(CS(=O)(=O)Cc2cc(Cl)c3c(c2)OCCO3)cs1. The van der Waals surface area contributed by atoms with E-state index in [-0.39, 0.29) is 11.5 Å². The lowest BCUT2D eigenvalue weighted by Gasteiger charge is -2.20. The molecule has 0 fully saturated rings. The van der Waals surface area contributed by atoms with Gasteiger partial charge in [-0.15, -0.1) is 11.3 Å². The number of hydrogen-bond donors (Lipinski definition) is 0. The molecule has 0 bridgehead atoms. The van der Waals surface area contributed by atoms with Crippen LogP contribution in [0, 0.1) is 0 Å². The molecule has 1 aromatic heterocycles. The summed E-state index contributed by atoms with van der Waals surface area (Å²) in [5.74, 6) is 0.800. The van der Waals surface area contributed by atoms with E-state index in [0.29, 0.717) is 41.0 Å². The molecule has 1 aliphatic heterocycles. The number of nitrogens with zero attached hydrogens (tertiary/aromatic N) is 1. The van der Waals surface area contributed by atoms with Crippen LogP contribution >= 0.6 is 22.9 Å². The van der Waals surface area contributed by atoms with E-state index in [1.165, 1.54) is 11.3 Å². The van der Waals surface area contributed by atoms with Crippen LogP contribution in [-0.4, -0.2) is 26.6 Å². The number of aryl methyl sites for hydroxylation is 1. The van der Waals surface area contributed by atoms with Crippen LogP contribution in [0.2, 0.25) is 5.02 Å². The van der Waals surface area contributed by atoms with Gasteiger partial charge in [0.15, 0.2) is 21.3 Å². The van der Waals surface area contributed by atoms with Crippen molar-refractivity contribution in [2.45, 2.75) is 31.3 Å². The largest absolute Gasteiger partial charge is 0.486 e. The minimum atomic E-state index is -3.34. The number of thiazole rings is 1. The Morgan fingerprint density at radius 3 is 2.83 bits per heavy atom. The lowest BCUT2D eigenvalue weighted by atomic mass is 10.2. The smallest absolute Gasteiger partial charge is 0.179 e. The fourth-order valence-corrected chi connectivity index (χ4v) is 5.19. The van der Waals surface area contributed by atoms with Crippen molar-refractivity contribution in [2.24, 2.45) is 0 Å². The summed E-state index contributed by atoms with van der Waals surface area (Å²) < 4.78 is 35.9. The Balaban J connectivity index is 1.75. The van der Waals surface area contributed by atoms with E-state index in [1.807, 2.05) is 5.38 Å². The second-order valence-electron chi connectivity index (χ2n) is 5.62. The average molecular weight is 388 g/mol. The summed E-state index contributed by atoms with van der Waals surface area (Å²) in [5, 5.41) is 3.17. The Labute approximate surface area is 150 Å². The predicted octanol–water partition coefficient (Wildman–Crippen LogP) is 3.64. The van der Waals surface area contributed by atoms with Crippen LogP contribution < -0.4 is 9.47 Å². The van der Waals surface area contributed by atoms with Crippen LogP contribution in [0.5, 0.6) is 11.5 Å².